The summed E-state index contributed by atoms with van der Waals surface area (Å²) >= 11 is 0. The molecule has 0 heterocycles. The van der Waals surface area contributed by atoms with Crippen molar-refractivity contribution in [3.63, 3.8) is 0 Å². The first-order chi connectivity index (χ1) is 12.1. The van der Waals surface area contributed by atoms with Crippen molar-refractivity contribution in [2.75, 3.05) is 11.9 Å². The third-order valence-corrected chi connectivity index (χ3v) is 6.65. The number of hydrogen-bond acceptors (Lipinski definition) is 3. The predicted molar refractivity (Wildman–Crippen MR) is 97.9 cm³/mol. The van der Waals surface area contributed by atoms with Crippen LogP contribution in [0.1, 0.15) is 51.0 Å². The highest BCUT2D eigenvalue weighted by Gasteiger charge is 2.50. The maximum Gasteiger partial charge on any atom is 0.241 e. The Bertz CT molecular complexity index is 670. The van der Waals surface area contributed by atoms with Crippen LogP contribution >= 0.6 is 0 Å². The van der Waals surface area contributed by atoms with Crippen LogP contribution in [0.15, 0.2) is 24.3 Å². The second-order valence-electron chi connectivity index (χ2n) is 8.67. The van der Waals surface area contributed by atoms with Gasteiger partial charge < -0.3 is 10.6 Å². The molecule has 1 aromatic rings. The third-order valence-electron chi connectivity index (χ3n) is 6.65. The highest BCUT2D eigenvalue weighted by Crippen LogP contribution is 2.59. The van der Waals surface area contributed by atoms with Gasteiger partial charge in [0.15, 0.2) is 0 Å². The fourth-order valence-electron chi connectivity index (χ4n) is 5.90. The van der Waals surface area contributed by atoms with Crippen molar-refractivity contribution < 1.29 is 4.79 Å². The van der Waals surface area contributed by atoms with Gasteiger partial charge in [-0.25, -0.2) is 0 Å². The SMILES string of the molecule is C[C@H](NCC12CC3CC(CC(C3)C1)C2)C(=O)Nc1ccccc1C#N. The first-order valence-electron chi connectivity index (χ1n) is 9.60. The van der Waals surface area contributed by atoms with Crippen LogP contribution in [-0.4, -0.2) is 18.5 Å². The minimum Gasteiger partial charge on any atom is -0.324 e. The number of nitrogens with zero attached hydrogens (tertiary/aromatic N) is 1. The number of anilines is 1. The summed E-state index contributed by atoms with van der Waals surface area (Å²) in [5, 5.41) is 15.6. The predicted octanol–water partition coefficient (Wildman–Crippen LogP) is 3.69. The van der Waals surface area contributed by atoms with E-state index in [1.165, 1.54) is 38.5 Å². The van der Waals surface area contributed by atoms with Gasteiger partial charge in [0.05, 0.1) is 17.3 Å². The van der Waals surface area contributed by atoms with Crippen molar-refractivity contribution in [3.8, 4) is 6.07 Å². The molecule has 5 rings (SSSR count). The number of para-hydroxylation sites is 1. The maximum absolute atomic E-state index is 12.5. The van der Waals surface area contributed by atoms with Crippen LogP contribution in [0.2, 0.25) is 0 Å². The van der Waals surface area contributed by atoms with Crippen LogP contribution in [0.4, 0.5) is 5.69 Å². The molecule has 4 fully saturated rings. The van der Waals surface area contributed by atoms with E-state index in [0.29, 0.717) is 16.7 Å². The second kappa shape index (κ2) is 6.46. The molecule has 1 amide bonds. The van der Waals surface area contributed by atoms with Crippen LogP contribution in [0.25, 0.3) is 0 Å². The van der Waals surface area contributed by atoms with Gasteiger partial charge in [-0.2, -0.15) is 5.26 Å². The van der Waals surface area contributed by atoms with Crippen molar-refractivity contribution in [1.29, 1.82) is 5.26 Å². The summed E-state index contributed by atoms with van der Waals surface area (Å²) in [7, 11) is 0. The number of hydrogen-bond donors (Lipinski definition) is 2. The summed E-state index contributed by atoms with van der Waals surface area (Å²) < 4.78 is 0. The first kappa shape index (κ1) is 16.6. The number of amides is 1. The summed E-state index contributed by atoms with van der Waals surface area (Å²) in [5.41, 5.74) is 1.52. The highest BCUT2D eigenvalue weighted by atomic mass is 16.2. The molecule has 132 valence electrons. The zero-order valence-corrected chi connectivity index (χ0v) is 14.9. The standard InChI is InChI=1S/C21H27N3O/c1-14(20(25)24-19-5-3-2-4-18(19)12-22)23-13-21-9-15-6-16(10-21)8-17(7-15)11-21/h2-5,14-17,23H,6-11,13H2,1H3,(H,24,25)/t14-,15?,16?,17?,21?/m0/s1. The Labute approximate surface area is 150 Å². The van der Waals surface area contributed by atoms with Crippen molar-refractivity contribution >= 4 is 11.6 Å². The van der Waals surface area contributed by atoms with E-state index in [1.807, 2.05) is 19.1 Å². The lowest BCUT2D eigenvalue weighted by atomic mass is 9.49. The molecule has 0 aromatic heterocycles. The molecule has 0 radical (unpaired) electrons. The molecule has 0 aliphatic heterocycles. The topological polar surface area (TPSA) is 64.9 Å². The molecule has 0 spiro atoms. The second-order valence-corrected chi connectivity index (χ2v) is 8.67. The van der Waals surface area contributed by atoms with Crippen LogP contribution in [0.5, 0.6) is 0 Å². The minimum absolute atomic E-state index is 0.0626. The number of benzene rings is 1. The summed E-state index contributed by atoms with van der Waals surface area (Å²) in [6, 6.07) is 9.03. The van der Waals surface area contributed by atoms with Crippen molar-refractivity contribution in [2.24, 2.45) is 23.2 Å². The Morgan fingerprint density at radius 1 is 1.20 bits per heavy atom. The minimum atomic E-state index is -0.250. The number of nitrogens with one attached hydrogen (secondary N) is 2. The van der Waals surface area contributed by atoms with Crippen LogP contribution in [0, 0.1) is 34.5 Å². The largest absolute Gasteiger partial charge is 0.324 e. The molecule has 4 saturated carbocycles. The van der Waals surface area contributed by atoms with Gasteiger partial charge in [0.25, 0.3) is 0 Å². The monoisotopic (exact) mass is 337 g/mol. The van der Waals surface area contributed by atoms with E-state index in [9.17, 15) is 4.79 Å². The number of carbonyl (C=O) groups is 1. The van der Waals surface area contributed by atoms with E-state index >= 15 is 0 Å². The van der Waals surface area contributed by atoms with Gasteiger partial charge >= 0.3 is 0 Å². The van der Waals surface area contributed by atoms with Crippen molar-refractivity contribution in [3.05, 3.63) is 29.8 Å². The molecule has 0 unspecified atom stereocenters. The molecule has 4 nitrogen and oxygen atoms in total. The fraction of sp³-hybridized carbons (Fsp3) is 0.619. The lowest BCUT2D eigenvalue weighted by molar-refractivity contribution is -0.118. The van der Waals surface area contributed by atoms with Crippen molar-refractivity contribution in [2.45, 2.75) is 51.5 Å². The third kappa shape index (κ3) is 3.30. The average molecular weight is 337 g/mol. The fourth-order valence-corrected chi connectivity index (χ4v) is 5.90. The summed E-state index contributed by atoms with van der Waals surface area (Å²) in [6.07, 6.45) is 8.37. The van der Waals surface area contributed by atoms with Gasteiger partial charge in [-0.05, 0) is 80.8 Å². The number of nitriles is 1. The Morgan fingerprint density at radius 3 is 2.40 bits per heavy atom. The van der Waals surface area contributed by atoms with E-state index in [4.69, 9.17) is 5.26 Å². The first-order valence-corrected chi connectivity index (χ1v) is 9.60. The van der Waals surface area contributed by atoms with E-state index in [-0.39, 0.29) is 11.9 Å². The van der Waals surface area contributed by atoms with Crippen LogP contribution in [0.3, 0.4) is 0 Å². The smallest absolute Gasteiger partial charge is 0.241 e. The Morgan fingerprint density at radius 2 is 1.80 bits per heavy atom. The zero-order valence-electron chi connectivity index (χ0n) is 14.9. The summed E-state index contributed by atoms with van der Waals surface area (Å²) in [6.45, 7) is 2.87. The number of rotatable bonds is 5. The van der Waals surface area contributed by atoms with Gasteiger partial charge in [0, 0.05) is 6.54 Å². The molecule has 4 aliphatic rings. The van der Waals surface area contributed by atoms with Crippen LogP contribution < -0.4 is 10.6 Å². The highest BCUT2D eigenvalue weighted by molar-refractivity contribution is 5.95. The lowest BCUT2D eigenvalue weighted by Gasteiger charge is -2.57. The molecule has 4 bridgehead atoms. The van der Waals surface area contributed by atoms with E-state index in [0.717, 1.165) is 24.3 Å². The molecule has 25 heavy (non-hydrogen) atoms. The number of carbonyl (C=O) groups excluding carboxylic acids is 1. The zero-order chi connectivity index (χ0) is 17.4. The molecule has 4 heteroatoms. The lowest BCUT2D eigenvalue weighted by Crippen LogP contribution is -2.52. The van der Waals surface area contributed by atoms with Gasteiger partial charge in [-0.15, -0.1) is 0 Å². The summed E-state index contributed by atoms with van der Waals surface area (Å²) in [4.78, 5) is 12.5. The normalized spacial score (nSPS) is 33.7. The van der Waals surface area contributed by atoms with Gasteiger partial charge in [-0.3, -0.25) is 4.79 Å². The summed E-state index contributed by atoms with van der Waals surface area (Å²) in [5.74, 6) is 2.73. The quantitative estimate of drug-likeness (QED) is 0.861. The molecule has 4 aliphatic carbocycles. The van der Waals surface area contributed by atoms with Crippen LogP contribution in [-0.2, 0) is 4.79 Å². The van der Waals surface area contributed by atoms with E-state index < -0.39 is 0 Å². The molecule has 1 atom stereocenters. The van der Waals surface area contributed by atoms with E-state index in [1.54, 1.807) is 12.1 Å². The van der Waals surface area contributed by atoms with Crippen molar-refractivity contribution in [1.82, 2.24) is 5.32 Å². The van der Waals surface area contributed by atoms with Gasteiger partial charge in [-0.1, -0.05) is 12.1 Å². The van der Waals surface area contributed by atoms with E-state index in [2.05, 4.69) is 16.7 Å². The molecule has 2 N–H and O–H groups in total. The Hall–Kier alpha value is -1.86. The molecular formula is C21H27N3O. The molecule has 1 aromatic carbocycles. The Kier molecular flexibility index (Phi) is 4.29. The Balaban J connectivity index is 1.35. The molecular weight excluding hydrogens is 310 g/mol. The maximum atomic E-state index is 12.5. The van der Waals surface area contributed by atoms with Gasteiger partial charge in [0.1, 0.15) is 6.07 Å². The average Bonchev–Trinajstić information content (AvgIpc) is 2.59. The van der Waals surface area contributed by atoms with Gasteiger partial charge in [0.2, 0.25) is 5.91 Å². The molecule has 0 saturated heterocycles.